The lowest BCUT2D eigenvalue weighted by Crippen LogP contribution is -2.32. The summed E-state index contributed by atoms with van der Waals surface area (Å²) < 4.78 is 44.5. The molecule has 0 atom stereocenters. The molecule has 1 aromatic heterocycles. The van der Waals surface area contributed by atoms with Crippen LogP contribution in [0.5, 0.6) is 5.75 Å². The Morgan fingerprint density at radius 2 is 1.92 bits per heavy atom. The molecule has 0 aliphatic heterocycles. The van der Waals surface area contributed by atoms with Crippen molar-refractivity contribution in [3.05, 3.63) is 57.5 Å². The van der Waals surface area contributed by atoms with Crippen molar-refractivity contribution in [2.75, 3.05) is 7.11 Å². The number of carboxylic acids is 1. The molecule has 0 bridgehead atoms. The minimum absolute atomic E-state index is 0.223. The monoisotopic (exact) mass is 342 g/mol. The number of nitrogens with zero attached hydrogens (tertiary/aromatic N) is 2. The first-order chi connectivity index (χ1) is 11.2. The fraction of sp³-hybridized carbons (Fsp3) is 0.267. The number of hydrogen-bond acceptors (Lipinski definition) is 4. The highest BCUT2D eigenvalue weighted by atomic mass is 19.4. The molecular formula is C15H13F3N2O4. The summed E-state index contributed by atoms with van der Waals surface area (Å²) in [6, 6.07) is 6.80. The van der Waals surface area contributed by atoms with E-state index in [1.807, 2.05) is 0 Å². The van der Waals surface area contributed by atoms with Crippen LogP contribution in [0.4, 0.5) is 13.2 Å². The first kappa shape index (κ1) is 17.5. The zero-order valence-electron chi connectivity index (χ0n) is 12.5. The lowest BCUT2D eigenvalue weighted by Gasteiger charge is -2.12. The molecule has 9 heteroatoms. The van der Waals surface area contributed by atoms with Gasteiger partial charge in [-0.05, 0) is 23.8 Å². The average Bonchev–Trinajstić information content (AvgIpc) is 2.49. The van der Waals surface area contributed by atoms with Crippen molar-refractivity contribution in [1.29, 1.82) is 0 Å². The molecular weight excluding hydrogens is 329 g/mol. The van der Waals surface area contributed by atoms with Gasteiger partial charge in [-0.15, -0.1) is 0 Å². The molecule has 0 saturated carbocycles. The third-order valence-electron chi connectivity index (χ3n) is 3.15. The summed E-state index contributed by atoms with van der Waals surface area (Å²) in [4.78, 5) is 22.7. The van der Waals surface area contributed by atoms with Crippen LogP contribution >= 0.6 is 0 Å². The van der Waals surface area contributed by atoms with Crippen LogP contribution in [0.1, 0.15) is 16.8 Å². The number of rotatable bonds is 5. The van der Waals surface area contributed by atoms with Gasteiger partial charge in [0, 0.05) is 0 Å². The van der Waals surface area contributed by atoms with Crippen LogP contribution in [-0.4, -0.2) is 28.0 Å². The SMILES string of the molecule is COc1ccc(Cn2nc(CC(=O)O)cc(C(F)(F)F)c2=O)cc1. The highest BCUT2D eigenvalue weighted by Gasteiger charge is 2.35. The topological polar surface area (TPSA) is 81.4 Å². The van der Waals surface area contributed by atoms with Crippen molar-refractivity contribution in [2.24, 2.45) is 0 Å². The Morgan fingerprint density at radius 1 is 1.29 bits per heavy atom. The van der Waals surface area contributed by atoms with E-state index >= 15 is 0 Å². The summed E-state index contributed by atoms with van der Waals surface area (Å²) in [5, 5.41) is 12.5. The Hall–Kier alpha value is -2.84. The molecule has 2 aromatic rings. The molecule has 0 saturated heterocycles. The number of alkyl halides is 3. The zero-order chi connectivity index (χ0) is 17.9. The molecule has 24 heavy (non-hydrogen) atoms. The lowest BCUT2D eigenvalue weighted by atomic mass is 10.2. The van der Waals surface area contributed by atoms with Crippen LogP contribution in [0.15, 0.2) is 35.1 Å². The standard InChI is InChI=1S/C15H13F3N2O4/c1-24-11-4-2-9(3-5-11)8-20-14(23)12(15(16,17)18)6-10(19-20)7-13(21)22/h2-6H,7-8H2,1H3,(H,21,22). The minimum Gasteiger partial charge on any atom is -0.497 e. The Labute approximate surface area is 134 Å². The molecule has 1 aromatic carbocycles. The van der Waals surface area contributed by atoms with Gasteiger partial charge in [-0.3, -0.25) is 9.59 Å². The molecule has 0 amide bonds. The number of carboxylic acid groups (broad SMARTS) is 1. The van der Waals surface area contributed by atoms with Crippen LogP contribution < -0.4 is 10.3 Å². The van der Waals surface area contributed by atoms with Gasteiger partial charge in [0.05, 0.1) is 25.8 Å². The van der Waals surface area contributed by atoms with Gasteiger partial charge in [-0.2, -0.15) is 18.3 Å². The summed E-state index contributed by atoms with van der Waals surface area (Å²) in [5.74, 6) is -0.792. The Bertz CT molecular complexity index is 798. The maximum atomic E-state index is 13.0. The molecule has 0 aliphatic carbocycles. The zero-order valence-corrected chi connectivity index (χ0v) is 12.5. The molecule has 2 rings (SSSR count). The third kappa shape index (κ3) is 4.12. The molecule has 0 spiro atoms. The average molecular weight is 342 g/mol. The number of aromatic nitrogens is 2. The molecule has 0 radical (unpaired) electrons. The van der Waals surface area contributed by atoms with Crippen LogP contribution in [0.25, 0.3) is 0 Å². The lowest BCUT2D eigenvalue weighted by molar-refractivity contribution is -0.140. The van der Waals surface area contributed by atoms with E-state index in [0.29, 0.717) is 22.1 Å². The van der Waals surface area contributed by atoms with Crippen LogP contribution in [0.2, 0.25) is 0 Å². The Morgan fingerprint density at radius 3 is 2.42 bits per heavy atom. The molecule has 1 heterocycles. The van der Waals surface area contributed by atoms with E-state index in [9.17, 15) is 22.8 Å². The fourth-order valence-corrected chi connectivity index (χ4v) is 2.05. The number of methoxy groups -OCH3 is 1. The summed E-state index contributed by atoms with van der Waals surface area (Å²) in [6.07, 6.45) is -5.61. The van der Waals surface area contributed by atoms with E-state index < -0.39 is 29.7 Å². The highest BCUT2D eigenvalue weighted by molar-refractivity contribution is 5.69. The van der Waals surface area contributed by atoms with E-state index in [1.165, 1.54) is 7.11 Å². The van der Waals surface area contributed by atoms with E-state index in [2.05, 4.69) is 5.10 Å². The second-order valence-corrected chi connectivity index (χ2v) is 4.93. The fourth-order valence-electron chi connectivity index (χ4n) is 2.05. The first-order valence-electron chi connectivity index (χ1n) is 6.73. The molecule has 128 valence electrons. The second-order valence-electron chi connectivity index (χ2n) is 4.93. The number of halogens is 3. The molecule has 0 aliphatic rings. The number of hydrogen-bond donors (Lipinski definition) is 1. The highest BCUT2D eigenvalue weighted by Crippen LogP contribution is 2.26. The van der Waals surface area contributed by atoms with Crippen LogP contribution in [-0.2, 0) is 23.9 Å². The van der Waals surface area contributed by atoms with Crippen molar-refractivity contribution < 1.29 is 27.8 Å². The van der Waals surface area contributed by atoms with E-state index in [0.717, 1.165) is 0 Å². The van der Waals surface area contributed by atoms with Crippen LogP contribution in [0.3, 0.4) is 0 Å². The van der Waals surface area contributed by atoms with Gasteiger partial charge in [0.2, 0.25) is 0 Å². The summed E-state index contributed by atoms with van der Waals surface area (Å²) >= 11 is 0. The Balaban J connectivity index is 2.46. The third-order valence-corrected chi connectivity index (χ3v) is 3.15. The summed E-state index contributed by atoms with van der Waals surface area (Å²) in [7, 11) is 1.46. The van der Waals surface area contributed by atoms with E-state index in [-0.39, 0.29) is 12.2 Å². The van der Waals surface area contributed by atoms with Crippen LogP contribution in [0, 0.1) is 0 Å². The molecule has 0 unspecified atom stereocenters. The molecule has 0 fully saturated rings. The number of carbonyl (C=O) groups is 1. The number of benzene rings is 1. The summed E-state index contributed by atoms with van der Waals surface area (Å²) in [6.45, 7) is -0.223. The van der Waals surface area contributed by atoms with Crippen molar-refractivity contribution in [3.8, 4) is 5.75 Å². The van der Waals surface area contributed by atoms with Gasteiger partial charge < -0.3 is 9.84 Å². The van der Waals surface area contributed by atoms with Crippen molar-refractivity contribution >= 4 is 5.97 Å². The maximum absolute atomic E-state index is 13.0. The van der Waals surface area contributed by atoms with Gasteiger partial charge in [0.15, 0.2) is 0 Å². The smallest absolute Gasteiger partial charge is 0.421 e. The van der Waals surface area contributed by atoms with Gasteiger partial charge in [0.25, 0.3) is 5.56 Å². The second kappa shape index (κ2) is 6.73. The van der Waals surface area contributed by atoms with Gasteiger partial charge in [-0.25, -0.2) is 4.68 Å². The van der Waals surface area contributed by atoms with E-state index in [1.54, 1.807) is 24.3 Å². The normalized spacial score (nSPS) is 11.3. The van der Waals surface area contributed by atoms with Crippen molar-refractivity contribution in [3.63, 3.8) is 0 Å². The van der Waals surface area contributed by atoms with E-state index in [4.69, 9.17) is 9.84 Å². The van der Waals surface area contributed by atoms with Gasteiger partial charge in [-0.1, -0.05) is 12.1 Å². The molecule has 6 nitrogen and oxygen atoms in total. The molecule has 1 N–H and O–H groups in total. The number of ether oxygens (including phenoxy) is 1. The predicted octanol–water partition coefficient (Wildman–Crippen LogP) is 1.95. The van der Waals surface area contributed by atoms with Crippen molar-refractivity contribution in [2.45, 2.75) is 19.1 Å². The number of aliphatic carboxylic acids is 1. The predicted molar refractivity (Wildman–Crippen MR) is 76.9 cm³/mol. The van der Waals surface area contributed by atoms with Crippen molar-refractivity contribution in [1.82, 2.24) is 9.78 Å². The largest absolute Gasteiger partial charge is 0.497 e. The Kier molecular flexibility index (Phi) is 4.91. The quantitative estimate of drug-likeness (QED) is 0.898. The van der Waals surface area contributed by atoms with Gasteiger partial charge in [0.1, 0.15) is 11.3 Å². The first-order valence-corrected chi connectivity index (χ1v) is 6.73. The summed E-state index contributed by atoms with van der Waals surface area (Å²) in [5.41, 5.74) is -2.59. The maximum Gasteiger partial charge on any atom is 0.421 e. The van der Waals surface area contributed by atoms with Gasteiger partial charge >= 0.3 is 12.1 Å². The minimum atomic E-state index is -4.89.